The van der Waals surface area contributed by atoms with Crippen molar-refractivity contribution in [2.24, 2.45) is 0 Å². The molecule has 2 atom stereocenters. The lowest BCUT2D eigenvalue weighted by molar-refractivity contribution is -0.139. The van der Waals surface area contributed by atoms with Gasteiger partial charge in [0.05, 0.1) is 31.9 Å². The van der Waals surface area contributed by atoms with Gasteiger partial charge in [-0.05, 0) is 74.4 Å². The van der Waals surface area contributed by atoms with Crippen LogP contribution in [-0.4, -0.2) is 65.1 Å². The normalized spacial score (nSPS) is 12.5. The number of nitrogens with zero attached hydrogens (tertiary/aromatic N) is 2. The second kappa shape index (κ2) is 14.7. The predicted molar refractivity (Wildman–Crippen MR) is 161 cm³/mol. The average molecular weight is 616 g/mol. The maximum Gasteiger partial charge on any atom is 0.264 e. The number of benzene rings is 3. The van der Waals surface area contributed by atoms with Gasteiger partial charge in [-0.1, -0.05) is 19.1 Å². The van der Waals surface area contributed by atoms with E-state index in [9.17, 15) is 22.4 Å². The largest absolute Gasteiger partial charge is 0.497 e. The molecule has 0 spiro atoms. The average Bonchev–Trinajstić information content (AvgIpc) is 3.02. The van der Waals surface area contributed by atoms with E-state index in [1.54, 1.807) is 31.2 Å². The molecule has 3 rings (SSSR count). The van der Waals surface area contributed by atoms with E-state index in [1.165, 1.54) is 56.6 Å². The highest BCUT2D eigenvalue weighted by Crippen LogP contribution is 2.32. The molecule has 0 aliphatic carbocycles. The summed E-state index contributed by atoms with van der Waals surface area (Å²) < 4.78 is 58.5. The summed E-state index contributed by atoms with van der Waals surface area (Å²) in [5.41, 5.74) is 0.763. The Morgan fingerprint density at radius 1 is 0.884 bits per heavy atom. The molecular weight excluding hydrogens is 577 g/mol. The molecule has 43 heavy (non-hydrogen) atoms. The van der Waals surface area contributed by atoms with Gasteiger partial charge in [0.25, 0.3) is 10.0 Å². The number of methoxy groups -OCH3 is 3. The van der Waals surface area contributed by atoms with Gasteiger partial charge in [0.2, 0.25) is 11.8 Å². The Kier molecular flexibility index (Phi) is 11.4. The van der Waals surface area contributed by atoms with Gasteiger partial charge in [0.1, 0.15) is 24.2 Å². The lowest BCUT2D eigenvalue weighted by atomic mass is 10.1. The van der Waals surface area contributed by atoms with Crippen LogP contribution in [0, 0.1) is 5.82 Å². The van der Waals surface area contributed by atoms with Crippen LogP contribution in [0.5, 0.6) is 17.2 Å². The van der Waals surface area contributed by atoms with Gasteiger partial charge in [0, 0.05) is 18.7 Å². The van der Waals surface area contributed by atoms with Crippen LogP contribution in [-0.2, 0) is 26.2 Å². The first-order chi connectivity index (χ1) is 20.4. The van der Waals surface area contributed by atoms with E-state index >= 15 is 0 Å². The highest BCUT2D eigenvalue weighted by molar-refractivity contribution is 7.92. The van der Waals surface area contributed by atoms with Gasteiger partial charge in [-0.3, -0.25) is 13.9 Å². The number of rotatable bonds is 14. The van der Waals surface area contributed by atoms with E-state index in [0.29, 0.717) is 23.5 Å². The van der Waals surface area contributed by atoms with E-state index in [-0.39, 0.29) is 34.8 Å². The summed E-state index contributed by atoms with van der Waals surface area (Å²) in [6.07, 6.45) is 0.687. The summed E-state index contributed by atoms with van der Waals surface area (Å²) in [5.74, 6) is -0.492. The minimum absolute atomic E-state index is 0.0194. The molecule has 232 valence electrons. The van der Waals surface area contributed by atoms with Crippen molar-refractivity contribution in [1.82, 2.24) is 10.2 Å². The summed E-state index contributed by atoms with van der Waals surface area (Å²) in [6.45, 7) is 4.72. The molecule has 0 aliphatic heterocycles. The highest BCUT2D eigenvalue weighted by Gasteiger charge is 2.33. The first-order valence-electron chi connectivity index (χ1n) is 13.7. The molecule has 0 saturated carbocycles. The van der Waals surface area contributed by atoms with Crippen LogP contribution in [0.25, 0.3) is 0 Å². The van der Waals surface area contributed by atoms with Crippen molar-refractivity contribution in [3.63, 3.8) is 0 Å². The topological polar surface area (TPSA) is 114 Å². The second-order valence-corrected chi connectivity index (χ2v) is 11.7. The Morgan fingerprint density at radius 3 is 2.07 bits per heavy atom. The van der Waals surface area contributed by atoms with E-state index in [4.69, 9.17) is 14.2 Å². The third-order valence-electron chi connectivity index (χ3n) is 7.02. The molecule has 2 amide bonds. The minimum atomic E-state index is -4.39. The van der Waals surface area contributed by atoms with Gasteiger partial charge < -0.3 is 24.4 Å². The molecule has 0 fully saturated rings. The number of carbonyl (C=O) groups is 2. The van der Waals surface area contributed by atoms with E-state index < -0.39 is 34.3 Å². The van der Waals surface area contributed by atoms with Crippen LogP contribution in [0.15, 0.2) is 71.6 Å². The van der Waals surface area contributed by atoms with E-state index in [2.05, 4.69) is 5.32 Å². The van der Waals surface area contributed by atoms with Gasteiger partial charge >= 0.3 is 0 Å². The number of hydrogen-bond acceptors (Lipinski definition) is 7. The minimum Gasteiger partial charge on any atom is -0.497 e. The number of ether oxygens (including phenoxy) is 3. The first kappa shape index (κ1) is 33.2. The molecule has 0 unspecified atom stereocenters. The fourth-order valence-corrected chi connectivity index (χ4v) is 5.65. The van der Waals surface area contributed by atoms with Crippen LogP contribution in [0.1, 0.15) is 32.8 Å². The van der Waals surface area contributed by atoms with Crippen LogP contribution < -0.4 is 23.8 Å². The van der Waals surface area contributed by atoms with Gasteiger partial charge in [-0.2, -0.15) is 0 Å². The lowest BCUT2D eigenvalue weighted by Gasteiger charge is -2.32. The second-order valence-electron chi connectivity index (χ2n) is 9.87. The molecule has 0 aliphatic rings. The monoisotopic (exact) mass is 615 g/mol. The van der Waals surface area contributed by atoms with Crippen molar-refractivity contribution < 1.29 is 36.6 Å². The number of amides is 2. The molecule has 12 heteroatoms. The Bertz CT molecular complexity index is 1500. The number of hydrogen-bond donors (Lipinski definition) is 1. The van der Waals surface area contributed by atoms with Crippen molar-refractivity contribution in [3.8, 4) is 17.2 Å². The summed E-state index contributed by atoms with van der Waals surface area (Å²) in [7, 11) is -0.0609. The molecule has 0 heterocycles. The first-order valence-corrected chi connectivity index (χ1v) is 15.1. The van der Waals surface area contributed by atoms with Crippen molar-refractivity contribution >= 4 is 27.5 Å². The highest BCUT2D eigenvalue weighted by atomic mass is 32.2. The van der Waals surface area contributed by atoms with E-state index in [0.717, 1.165) is 16.4 Å². The molecular formula is C31H38FN3O7S. The maximum absolute atomic E-state index is 14.0. The number of carbonyl (C=O) groups excluding carboxylic acids is 2. The molecule has 0 bridgehead atoms. The third kappa shape index (κ3) is 8.16. The fraction of sp³-hybridized carbons (Fsp3) is 0.355. The molecule has 10 nitrogen and oxygen atoms in total. The van der Waals surface area contributed by atoms with Gasteiger partial charge in [0.15, 0.2) is 11.5 Å². The molecule has 3 aromatic rings. The Balaban J connectivity index is 2.06. The zero-order chi connectivity index (χ0) is 31.7. The van der Waals surface area contributed by atoms with E-state index in [1.807, 2.05) is 13.8 Å². The lowest BCUT2D eigenvalue weighted by Crippen LogP contribution is -2.52. The van der Waals surface area contributed by atoms with Crippen LogP contribution >= 0.6 is 0 Å². The smallest absolute Gasteiger partial charge is 0.264 e. The Hall–Kier alpha value is -4.32. The predicted octanol–water partition coefficient (Wildman–Crippen LogP) is 4.38. The number of sulfonamides is 1. The number of anilines is 1. The quantitative estimate of drug-likeness (QED) is 0.286. The molecule has 1 N–H and O–H groups in total. The van der Waals surface area contributed by atoms with Crippen molar-refractivity contribution in [1.29, 1.82) is 0 Å². The van der Waals surface area contributed by atoms with Crippen LogP contribution in [0.4, 0.5) is 10.1 Å². The maximum atomic E-state index is 14.0. The van der Waals surface area contributed by atoms with Crippen LogP contribution in [0.2, 0.25) is 0 Å². The van der Waals surface area contributed by atoms with Crippen LogP contribution in [0.3, 0.4) is 0 Å². The molecule has 0 saturated heterocycles. The standard InChI is InChI=1S/C31H38FN3O7S/c1-7-21(2)33-31(37)22(3)34(19-23-8-14-26(40-4)15-9-23)30(36)20-35(25-12-10-24(32)11-13-25)43(38,39)27-16-17-28(41-5)29(18-27)42-6/h8-18,21-22H,7,19-20H2,1-6H3,(H,33,37)/t21-,22-/m1/s1. The summed E-state index contributed by atoms with van der Waals surface area (Å²) >= 11 is 0. The molecule has 0 radical (unpaired) electrons. The Morgan fingerprint density at radius 2 is 1.51 bits per heavy atom. The molecule has 3 aromatic carbocycles. The summed E-state index contributed by atoms with van der Waals surface area (Å²) in [5, 5.41) is 2.89. The zero-order valence-corrected chi connectivity index (χ0v) is 26.0. The van der Waals surface area contributed by atoms with Gasteiger partial charge in [-0.25, -0.2) is 12.8 Å². The Labute approximate surface area is 252 Å². The van der Waals surface area contributed by atoms with Crippen molar-refractivity contribution in [3.05, 3.63) is 78.1 Å². The van der Waals surface area contributed by atoms with Crippen molar-refractivity contribution in [2.75, 3.05) is 32.2 Å². The van der Waals surface area contributed by atoms with Gasteiger partial charge in [-0.15, -0.1) is 0 Å². The number of nitrogens with one attached hydrogen (secondary N) is 1. The summed E-state index contributed by atoms with van der Waals surface area (Å²) in [4.78, 5) is 28.3. The SMILES string of the molecule is CC[C@@H](C)NC(=O)[C@@H](C)N(Cc1ccc(OC)cc1)C(=O)CN(c1ccc(F)cc1)S(=O)(=O)c1ccc(OC)c(OC)c1. The fourth-order valence-electron chi connectivity index (χ4n) is 4.22. The summed E-state index contributed by atoms with van der Waals surface area (Å²) in [6, 6.07) is 14.7. The molecule has 0 aromatic heterocycles. The zero-order valence-electron chi connectivity index (χ0n) is 25.2. The number of halogens is 1. The third-order valence-corrected chi connectivity index (χ3v) is 8.79. The van der Waals surface area contributed by atoms with Crippen molar-refractivity contribution in [2.45, 2.75) is 50.7 Å².